The van der Waals surface area contributed by atoms with Crippen LogP contribution >= 0.6 is 0 Å². The number of carbonyl (C=O) groups is 1. The molecule has 0 heterocycles. The fraction of sp³-hybridized carbons (Fsp3) is 0.909. The van der Waals surface area contributed by atoms with Gasteiger partial charge < -0.3 is 4.74 Å². The molecular weight excluding hydrogens is 164 g/mol. The predicted octanol–water partition coefficient (Wildman–Crippen LogP) is 2.62. The molecule has 0 saturated heterocycles. The first-order chi connectivity index (χ1) is 6.15. The number of rotatable bonds is 3. The number of esters is 1. The molecule has 1 aliphatic carbocycles. The van der Waals surface area contributed by atoms with Gasteiger partial charge in [0.2, 0.25) is 0 Å². The van der Waals surface area contributed by atoms with Crippen LogP contribution in [0.4, 0.5) is 0 Å². The maximum absolute atomic E-state index is 11.1. The minimum atomic E-state index is -0.0439. The normalized spacial score (nSPS) is 28.0. The SMILES string of the molecule is COC(=O)C[C@@H]1CCC[C@@H]1C(C)C. The summed E-state index contributed by atoms with van der Waals surface area (Å²) in [5, 5.41) is 0. The number of carbonyl (C=O) groups excluding carboxylic acids is 1. The maximum atomic E-state index is 11.1. The molecule has 0 bridgehead atoms. The van der Waals surface area contributed by atoms with Crippen LogP contribution in [0.15, 0.2) is 0 Å². The highest BCUT2D eigenvalue weighted by Gasteiger charge is 2.31. The number of ether oxygens (including phenoxy) is 1. The van der Waals surface area contributed by atoms with Gasteiger partial charge in [0.25, 0.3) is 0 Å². The van der Waals surface area contributed by atoms with E-state index in [-0.39, 0.29) is 5.97 Å². The maximum Gasteiger partial charge on any atom is 0.305 e. The summed E-state index contributed by atoms with van der Waals surface area (Å²) in [5.41, 5.74) is 0. The van der Waals surface area contributed by atoms with Gasteiger partial charge >= 0.3 is 5.97 Å². The quantitative estimate of drug-likeness (QED) is 0.630. The van der Waals surface area contributed by atoms with E-state index in [0.29, 0.717) is 18.3 Å². The molecule has 0 unspecified atom stereocenters. The van der Waals surface area contributed by atoms with Gasteiger partial charge in [-0.15, -0.1) is 0 Å². The topological polar surface area (TPSA) is 26.3 Å². The second-order valence-electron chi connectivity index (χ2n) is 4.38. The lowest BCUT2D eigenvalue weighted by molar-refractivity contribution is -0.142. The Balaban J connectivity index is 2.44. The Morgan fingerprint density at radius 1 is 1.46 bits per heavy atom. The predicted molar refractivity (Wildman–Crippen MR) is 52.3 cm³/mol. The molecule has 0 aliphatic heterocycles. The smallest absolute Gasteiger partial charge is 0.305 e. The highest BCUT2D eigenvalue weighted by Crippen LogP contribution is 2.38. The summed E-state index contributed by atoms with van der Waals surface area (Å²) >= 11 is 0. The molecule has 0 radical (unpaired) electrons. The van der Waals surface area contributed by atoms with Gasteiger partial charge in [0.1, 0.15) is 0 Å². The summed E-state index contributed by atoms with van der Waals surface area (Å²) < 4.78 is 4.70. The van der Waals surface area contributed by atoms with Crippen LogP contribution in [0.3, 0.4) is 0 Å². The summed E-state index contributed by atoms with van der Waals surface area (Å²) in [7, 11) is 1.47. The van der Waals surface area contributed by atoms with E-state index < -0.39 is 0 Å². The van der Waals surface area contributed by atoms with Gasteiger partial charge in [-0.3, -0.25) is 4.79 Å². The van der Waals surface area contributed by atoms with E-state index in [1.807, 2.05) is 0 Å². The number of hydrogen-bond donors (Lipinski definition) is 0. The third-order valence-corrected chi connectivity index (χ3v) is 3.23. The van der Waals surface area contributed by atoms with Gasteiger partial charge in [-0.1, -0.05) is 20.3 Å². The van der Waals surface area contributed by atoms with Crippen molar-refractivity contribution in [3.05, 3.63) is 0 Å². The molecule has 1 saturated carbocycles. The summed E-state index contributed by atoms with van der Waals surface area (Å²) in [6.45, 7) is 4.50. The van der Waals surface area contributed by atoms with Gasteiger partial charge in [0.05, 0.1) is 7.11 Å². The highest BCUT2D eigenvalue weighted by atomic mass is 16.5. The molecule has 2 atom stereocenters. The van der Waals surface area contributed by atoms with Crippen molar-refractivity contribution < 1.29 is 9.53 Å². The third-order valence-electron chi connectivity index (χ3n) is 3.23. The molecule has 0 amide bonds. The van der Waals surface area contributed by atoms with E-state index >= 15 is 0 Å². The largest absolute Gasteiger partial charge is 0.469 e. The monoisotopic (exact) mass is 184 g/mol. The van der Waals surface area contributed by atoms with Crippen molar-refractivity contribution in [2.24, 2.45) is 17.8 Å². The Kier molecular flexibility index (Phi) is 3.76. The second kappa shape index (κ2) is 4.64. The molecule has 0 aromatic carbocycles. The Morgan fingerprint density at radius 2 is 2.15 bits per heavy atom. The first-order valence-corrected chi connectivity index (χ1v) is 5.22. The van der Waals surface area contributed by atoms with Crippen molar-refractivity contribution in [1.82, 2.24) is 0 Å². The van der Waals surface area contributed by atoms with Crippen molar-refractivity contribution in [3.8, 4) is 0 Å². The second-order valence-corrected chi connectivity index (χ2v) is 4.38. The Labute approximate surface area is 80.7 Å². The zero-order chi connectivity index (χ0) is 9.84. The van der Waals surface area contributed by atoms with Crippen LogP contribution in [0.5, 0.6) is 0 Å². The Morgan fingerprint density at radius 3 is 2.69 bits per heavy atom. The van der Waals surface area contributed by atoms with Crippen LogP contribution in [0.1, 0.15) is 39.5 Å². The van der Waals surface area contributed by atoms with Gasteiger partial charge in [0.15, 0.2) is 0 Å². The van der Waals surface area contributed by atoms with Crippen LogP contribution in [0.2, 0.25) is 0 Å². The molecule has 2 heteroatoms. The molecule has 0 N–H and O–H groups in total. The minimum absolute atomic E-state index is 0.0439. The van der Waals surface area contributed by atoms with Crippen molar-refractivity contribution in [1.29, 1.82) is 0 Å². The van der Waals surface area contributed by atoms with Crippen molar-refractivity contribution in [3.63, 3.8) is 0 Å². The molecule has 0 aromatic heterocycles. The molecule has 13 heavy (non-hydrogen) atoms. The van der Waals surface area contributed by atoms with Crippen molar-refractivity contribution >= 4 is 5.97 Å². The lowest BCUT2D eigenvalue weighted by Crippen LogP contribution is -2.18. The van der Waals surface area contributed by atoms with Gasteiger partial charge in [-0.05, 0) is 30.6 Å². The summed E-state index contributed by atoms with van der Waals surface area (Å²) in [6.07, 6.45) is 4.40. The molecule has 1 fully saturated rings. The van der Waals surface area contributed by atoms with Gasteiger partial charge in [0, 0.05) is 6.42 Å². The molecule has 2 nitrogen and oxygen atoms in total. The molecule has 1 aliphatic rings. The van der Waals surface area contributed by atoms with Crippen LogP contribution in [0.25, 0.3) is 0 Å². The standard InChI is InChI=1S/C11H20O2/c1-8(2)10-6-4-5-9(10)7-11(12)13-3/h8-10H,4-7H2,1-3H3/t9-,10+/m0/s1. The van der Waals surface area contributed by atoms with E-state index in [9.17, 15) is 4.79 Å². The lowest BCUT2D eigenvalue weighted by Gasteiger charge is -2.21. The van der Waals surface area contributed by atoms with Crippen LogP contribution in [-0.2, 0) is 9.53 Å². The van der Waals surface area contributed by atoms with Crippen LogP contribution in [0, 0.1) is 17.8 Å². The average Bonchev–Trinajstić information content (AvgIpc) is 2.52. The molecule has 1 rings (SSSR count). The van der Waals surface area contributed by atoms with Crippen molar-refractivity contribution in [2.45, 2.75) is 39.5 Å². The fourth-order valence-corrected chi connectivity index (χ4v) is 2.49. The zero-order valence-electron chi connectivity index (χ0n) is 8.88. The molecule has 0 spiro atoms. The van der Waals surface area contributed by atoms with Crippen LogP contribution in [-0.4, -0.2) is 13.1 Å². The summed E-state index contributed by atoms with van der Waals surface area (Å²) in [4.78, 5) is 11.1. The van der Waals surface area contributed by atoms with Gasteiger partial charge in [-0.2, -0.15) is 0 Å². The third kappa shape index (κ3) is 2.71. The highest BCUT2D eigenvalue weighted by molar-refractivity contribution is 5.69. The summed E-state index contributed by atoms with van der Waals surface area (Å²) in [6, 6.07) is 0. The van der Waals surface area contributed by atoms with Crippen molar-refractivity contribution in [2.75, 3.05) is 7.11 Å². The molecule has 0 aromatic rings. The number of methoxy groups -OCH3 is 1. The lowest BCUT2D eigenvalue weighted by atomic mass is 9.84. The van der Waals surface area contributed by atoms with Crippen LogP contribution < -0.4 is 0 Å². The van der Waals surface area contributed by atoms with E-state index in [1.165, 1.54) is 26.4 Å². The Bertz CT molecular complexity index is 175. The van der Waals surface area contributed by atoms with E-state index in [4.69, 9.17) is 4.74 Å². The minimum Gasteiger partial charge on any atom is -0.469 e. The zero-order valence-corrected chi connectivity index (χ0v) is 8.88. The summed E-state index contributed by atoms with van der Waals surface area (Å²) in [5.74, 6) is 1.97. The molecule has 76 valence electrons. The first kappa shape index (κ1) is 10.6. The van der Waals surface area contributed by atoms with Gasteiger partial charge in [-0.25, -0.2) is 0 Å². The fourth-order valence-electron chi connectivity index (χ4n) is 2.49. The van der Waals surface area contributed by atoms with E-state index in [2.05, 4.69) is 13.8 Å². The first-order valence-electron chi connectivity index (χ1n) is 5.22. The van der Waals surface area contributed by atoms with E-state index in [0.717, 1.165) is 5.92 Å². The molecular formula is C11H20O2. The Hall–Kier alpha value is -0.530. The van der Waals surface area contributed by atoms with E-state index in [1.54, 1.807) is 0 Å². The average molecular weight is 184 g/mol. The number of hydrogen-bond acceptors (Lipinski definition) is 2.